The molecule has 3 N–H and O–H groups in total. The van der Waals surface area contributed by atoms with Gasteiger partial charge in [0, 0.05) is 13.1 Å². The molecule has 0 spiro atoms. The monoisotopic (exact) mass is 311 g/mol. The zero-order chi connectivity index (χ0) is 16.5. The van der Waals surface area contributed by atoms with Crippen molar-refractivity contribution in [2.24, 2.45) is 4.99 Å². The van der Waals surface area contributed by atoms with Crippen LogP contribution in [0.15, 0.2) is 53.5 Å². The maximum Gasteiger partial charge on any atom is 0.191 e. The molecule has 0 heterocycles. The van der Waals surface area contributed by atoms with Crippen LogP contribution in [0.2, 0.25) is 0 Å². The molecule has 0 aliphatic rings. The molecule has 0 bridgehead atoms. The first-order valence-corrected chi connectivity index (χ1v) is 8.03. The molecular formula is C19H25N3O. The molecule has 4 heteroatoms. The van der Waals surface area contributed by atoms with Gasteiger partial charge in [-0.05, 0) is 43.5 Å². The molecule has 122 valence electrons. The fourth-order valence-electron chi connectivity index (χ4n) is 2.24. The summed E-state index contributed by atoms with van der Waals surface area (Å²) in [5.41, 5.74) is 3.56. The molecule has 2 aromatic rings. The minimum atomic E-state index is 0.308. The van der Waals surface area contributed by atoms with Crippen LogP contribution in [0, 0.1) is 6.92 Å². The van der Waals surface area contributed by atoms with Crippen LogP contribution < -0.4 is 10.6 Å². The van der Waals surface area contributed by atoms with E-state index in [-0.39, 0.29) is 0 Å². The summed E-state index contributed by atoms with van der Waals surface area (Å²) in [6.07, 6.45) is 0.837. The number of nitrogens with one attached hydrogen (secondary N) is 2. The number of phenols is 1. The Kier molecular flexibility index (Phi) is 6.48. The number of hydrogen-bond acceptors (Lipinski definition) is 2. The fourth-order valence-corrected chi connectivity index (χ4v) is 2.24. The smallest absolute Gasteiger partial charge is 0.191 e. The van der Waals surface area contributed by atoms with Crippen LogP contribution in [-0.2, 0) is 13.0 Å². The lowest BCUT2D eigenvalue weighted by atomic mass is 10.1. The highest BCUT2D eigenvalue weighted by Crippen LogP contribution is 2.10. The van der Waals surface area contributed by atoms with E-state index in [4.69, 9.17) is 0 Å². The molecule has 23 heavy (non-hydrogen) atoms. The second-order valence-electron chi connectivity index (χ2n) is 5.53. The standard InChI is InChI=1S/C19H25N3O/c1-3-20-19(22-14-17-9-7-15(2)8-10-17)21-12-11-16-5-4-6-18(23)13-16/h4-10,13,23H,3,11-12,14H2,1-2H3,(H2,20,21,22). The molecular weight excluding hydrogens is 286 g/mol. The number of aliphatic imine (C=N–C) groups is 1. The molecule has 0 saturated carbocycles. The van der Waals surface area contributed by atoms with Gasteiger partial charge in [0.15, 0.2) is 5.96 Å². The first-order chi connectivity index (χ1) is 11.2. The summed E-state index contributed by atoms with van der Waals surface area (Å²) >= 11 is 0. The van der Waals surface area contributed by atoms with E-state index in [0.29, 0.717) is 12.3 Å². The van der Waals surface area contributed by atoms with Crippen molar-refractivity contribution in [3.8, 4) is 5.75 Å². The summed E-state index contributed by atoms with van der Waals surface area (Å²) < 4.78 is 0. The molecule has 0 amide bonds. The molecule has 0 saturated heterocycles. The third-order valence-corrected chi connectivity index (χ3v) is 3.50. The van der Waals surface area contributed by atoms with Gasteiger partial charge in [0.2, 0.25) is 0 Å². The Morgan fingerprint density at radius 3 is 2.52 bits per heavy atom. The van der Waals surface area contributed by atoms with Crippen molar-refractivity contribution in [3.63, 3.8) is 0 Å². The van der Waals surface area contributed by atoms with Crippen LogP contribution in [-0.4, -0.2) is 24.2 Å². The van der Waals surface area contributed by atoms with Gasteiger partial charge in [0.05, 0.1) is 6.54 Å². The third-order valence-electron chi connectivity index (χ3n) is 3.50. The lowest BCUT2D eigenvalue weighted by Gasteiger charge is -2.11. The van der Waals surface area contributed by atoms with Crippen LogP contribution in [0.1, 0.15) is 23.6 Å². The van der Waals surface area contributed by atoms with Crippen LogP contribution in [0.3, 0.4) is 0 Å². The SMILES string of the molecule is CCNC(=NCc1ccc(C)cc1)NCCc1cccc(O)c1. The molecule has 0 unspecified atom stereocenters. The minimum Gasteiger partial charge on any atom is -0.508 e. The molecule has 2 aromatic carbocycles. The van der Waals surface area contributed by atoms with Gasteiger partial charge >= 0.3 is 0 Å². The second kappa shape index (κ2) is 8.83. The number of phenolic OH excluding ortho intramolecular Hbond substituents is 1. The number of aromatic hydroxyl groups is 1. The fraction of sp³-hybridized carbons (Fsp3) is 0.316. The lowest BCUT2D eigenvalue weighted by molar-refractivity contribution is 0.474. The van der Waals surface area contributed by atoms with E-state index in [0.717, 1.165) is 31.0 Å². The van der Waals surface area contributed by atoms with Crippen LogP contribution >= 0.6 is 0 Å². The average molecular weight is 311 g/mol. The number of nitrogens with zero attached hydrogens (tertiary/aromatic N) is 1. The summed E-state index contributed by atoms with van der Waals surface area (Å²) in [6.45, 7) is 6.38. The van der Waals surface area contributed by atoms with Crippen molar-refractivity contribution in [2.45, 2.75) is 26.8 Å². The summed E-state index contributed by atoms with van der Waals surface area (Å²) in [7, 11) is 0. The molecule has 0 atom stereocenters. The van der Waals surface area contributed by atoms with Gasteiger partial charge in [-0.1, -0.05) is 42.0 Å². The van der Waals surface area contributed by atoms with E-state index >= 15 is 0 Å². The highest BCUT2D eigenvalue weighted by Gasteiger charge is 1.99. The first-order valence-electron chi connectivity index (χ1n) is 8.03. The Morgan fingerprint density at radius 1 is 1.04 bits per heavy atom. The minimum absolute atomic E-state index is 0.308. The molecule has 0 aliphatic carbocycles. The number of hydrogen-bond donors (Lipinski definition) is 3. The maximum absolute atomic E-state index is 9.48. The molecule has 0 aliphatic heterocycles. The Bertz CT molecular complexity index is 635. The number of guanidine groups is 1. The summed E-state index contributed by atoms with van der Waals surface area (Å²) in [6, 6.07) is 15.8. The zero-order valence-corrected chi connectivity index (χ0v) is 13.8. The van der Waals surface area contributed by atoms with E-state index < -0.39 is 0 Å². The van der Waals surface area contributed by atoms with Gasteiger partial charge in [-0.3, -0.25) is 0 Å². The van der Waals surface area contributed by atoms with Gasteiger partial charge < -0.3 is 15.7 Å². The normalized spacial score (nSPS) is 11.3. The van der Waals surface area contributed by atoms with Crippen molar-refractivity contribution in [1.82, 2.24) is 10.6 Å². The van der Waals surface area contributed by atoms with Crippen LogP contribution in [0.4, 0.5) is 0 Å². The van der Waals surface area contributed by atoms with E-state index in [2.05, 4.69) is 53.7 Å². The third kappa shape index (κ3) is 6.02. The van der Waals surface area contributed by atoms with Gasteiger partial charge in [-0.2, -0.15) is 0 Å². The highest BCUT2D eigenvalue weighted by atomic mass is 16.3. The lowest BCUT2D eigenvalue weighted by Crippen LogP contribution is -2.38. The van der Waals surface area contributed by atoms with E-state index in [9.17, 15) is 5.11 Å². The number of aryl methyl sites for hydroxylation is 1. The highest BCUT2D eigenvalue weighted by molar-refractivity contribution is 5.79. The predicted molar refractivity (Wildman–Crippen MR) is 95.8 cm³/mol. The summed E-state index contributed by atoms with van der Waals surface area (Å²) in [5.74, 6) is 1.12. The quantitative estimate of drug-likeness (QED) is 0.568. The topological polar surface area (TPSA) is 56.7 Å². The Hall–Kier alpha value is -2.49. The van der Waals surface area contributed by atoms with Crippen molar-refractivity contribution >= 4 is 5.96 Å². The maximum atomic E-state index is 9.48. The summed E-state index contributed by atoms with van der Waals surface area (Å²) in [5, 5.41) is 16.1. The Labute approximate surface area is 138 Å². The van der Waals surface area contributed by atoms with Gasteiger partial charge in [-0.15, -0.1) is 0 Å². The van der Waals surface area contributed by atoms with Gasteiger partial charge in [0.1, 0.15) is 5.75 Å². The van der Waals surface area contributed by atoms with Crippen molar-refractivity contribution in [3.05, 3.63) is 65.2 Å². The molecule has 0 radical (unpaired) electrons. The van der Waals surface area contributed by atoms with E-state index in [1.807, 2.05) is 12.1 Å². The molecule has 0 aromatic heterocycles. The molecule has 4 nitrogen and oxygen atoms in total. The van der Waals surface area contributed by atoms with Crippen molar-refractivity contribution in [2.75, 3.05) is 13.1 Å². The Balaban J connectivity index is 1.87. The van der Waals surface area contributed by atoms with E-state index in [1.165, 1.54) is 11.1 Å². The predicted octanol–water partition coefficient (Wildman–Crippen LogP) is 3.00. The first kappa shape index (κ1) is 16.9. The van der Waals surface area contributed by atoms with Gasteiger partial charge in [-0.25, -0.2) is 4.99 Å². The molecule has 0 fully saturated rings. The zero-order valence-electron chi connectivity index (χ0n) is 13.8. The number of benzene rings is 2. The molecule has 2 rings (SSSR count). The Morgan fingerprint density at radius 2 is 1.83 bits per heavy atom. The summed E-state index contributed by atoms with van der Waals surface area (Å²) in [4.78, 5) is 4.61. The van der Waals surface area contributed by atoms with Crippen molar-refractivity contribution in [1.29, 1.82) is 0 Å². The average Bonchev–Trinajstić information content (AvgIpc) is 2.54. The van der Waals surface area contributed by atoms with Gasteiger partial charge in [0.25, 0.3) is 0 Å². The largest absolute Gasteiger partial charge is 0.508 e. The number of rotatable bonds is 6. The second-order valence-corrected chi connectivity index (χ2v) is 5.53. The van der Waals surface area contributed by atoms with Crippen LogP contribution in [0.25, 0.3) is 0 Å². The van der Waals surface area contributed by atoms with Crippen LogP contribution in [0.5, 0.6) is 5.75 Å². The van der Waals surface area contributed by atoms with Crippen molar-refractivity contribution < 1.29 is 5.11 Å². The van der Waals surface area contributed by atoms with E-state index in [1.54, 1.807) is 12.1 Å².